The van der Waals surface area contributed by atoms with Gasteiger partial charge in [0.05, 0.1) is 19.1 Å². The van der Waals surface area contributed by atoms with Crippen molar-refractivity contribution in [2.45, 2.75) is 26.7 Å². The highest BCUT2D eigenvalue weighted by Gasteiger charge is 2.59. The van der Waals surface area contributed by atoms with Crippen molar-refractivity contribution in [1.82, 2.24) is 0 Å². The van der Waals surface area contributed by atoms with Gasteiger partial charge in [-0.2, -0.15) is 0 Å². The summed E-state index contributed by atoms with van der Waals surface area (Å²) in [6, 6.07) is 0. The minimum atomic E-state index is -1.34. The third-order valence-corrected chi connectivity index (χ3v) is 5.31. The molecule has 0 unspecified atom stereocenters. The van der Waals surface area contributed by atoms with Crippen LogP contribution in [0.3, 0.4) is 0 Å². The van der Waals surface area contributed by atoms with Crippen LogP contribution >= 0.6 is 11.8 Å². The number of carbonyl (C=O) groups is 3. The molecule has 0 amide bonds. The molecule has 0 heterocycles. The van der Waals surface area contributed by atoms with E-state index >= 15 is 0 Å². The second kappa shape index (κ2) is 5.91. The fourth-order valence-electron chi connectivity index (χ4n) is 3.52. The number of hydrogen-bond donors (Lipinski definition) is 0. The summed E-state index contributed by atoms with van der Waals surface area (Å²) in [7, 11) is 2.52. The number of carbonyl (C=O) groups excluding carboxylic acids is 3. The minimum absolute atomic E-state index is 0.0239. The van der Waals surface area contributed by atoms with Gasteiger partial charge in [-0.05, 0) is 38.5 Å². The van der Waals surface area contributed by atoms with Crippen LogP contribution < -0.4 is 0 Å². The Morgan fingerprint density at radius 3 is 2.14 bits per heavy atom. The second-order valence-corrected chi connectivity index (χ2v) is 6.62. The molecule has 0 spiro atoms. The molecule has 120 valence electrons. The first-order valence-electron chi connectivity index (χ1n) is 7.00. The number of thioether (sulfide) groups is 1. The van der Waals surface area contributed by atoms with Crippen LogP contribution in [0.5, 0.6) is 0 Å². The van der Waals surface area contributed by atoms with Gasteiger partial charge in [-0.15, -0.1) is 11.8 Å². The molecule has 0 aromatic rings. The van der Waals surface area contributed by atoms with Crippen molar-refractivity contribution in [2.75, 3.05) is 20.5 Å². The Kier molecular flexibility index (Phi) is 4.52. The summed E-state index contributed by atoms with van der Waals surface area (Å²) in [4.78, 5) is 37.7. The summed E-state index contributed by atoms with van der Waals surface area (Å²) in [5.41, 5.74) is 1.15. The number of methoxy groups -OCH3 is 2. The number of Topliss-reactive ketones (excluding diaryl/α,β-unsaturated/α-hetero) is 1. The SMILES string of the molecule is COC(=O)C1(C(=O)OC)CC2=C(SC)C(=O)C(=C(C)C)[C@@H]2C1. The molecular weight excluding hydrogens is 304 g/mol. The van der Waals surface area contributed by atoms with E-state index in [9.17, 15) is 14.4 Å². The Balaban J connectivity index is 2.59. The Labute approximate surface area is 134 Å². The van der Waals surface area contributed by atoms with Gasteiger partial charge >= 0.3 is 11.9 Å². The van der Waals surface area contributed by atoms with Gasteiger partial charge in [-0.25, -0.2) is 0 Å². The predicted molar refractivity (Wildman–Crippen MR) is 83.1 cm³/mol. The van der Waals surface area contributed by atoms with Crippen LogP contribution in [0.25, 0.3) is 0 Å². The van der Waals surface area contributed by atoms with E-state index in [0.29, 0.717) is 10.5 Å². The zero-order valence-corrected chi connectivity index (χ0v) is 14.3. The predicted octanol–water partition coefficient (Wildman–Crippen LogP) is 2.26. The molecule has 0 aromatic heterocycles. The van der Waals surface area contributed by atoms with E-state index < -0.39 is 17.4 Å². The highest BCUT2D eigenvalue weighted by molar-refractivity contribution is 8.03. The topological polar surface area (TPSA) is 69.7 Å². The van der Waals surface area contributed by atoms with Crippen molar-refractivity contribution in [3.8, 4) is 0 Å². The van der Waals surface area contributed by atoms with Gasteiger partial charge in [0.25, 0.3) is 0 Å². The van der Waals surface area contributed by atoms with Crippen molar-refractivity contribution in [2.24, 2.45) is 11.3 Å². The van der Waals surface area contributed by atoms with Crippen molar-refractivity contribution in [3.05, 3.63) is 21.6 Å². The summed E-state index contributed by atoms with van der Waals surface area (Å²) in [6.07, 6.45) is 2.26. The molecule has 0 saturated heterocycles. The van der Waals surface area contributed by atoms with Gasteiger partial charge in [0.2, 0.25) is 0 Å². The van der Waals surface area contributed by atoms with Crippen LogP contribution in [0.15, 0.2) is 21.6 Å². The molecule has 2 aliphatic rings. The first kappa shape index (κ1) is 16.8. The molecule has 5 nitrogen and oxygen atoms in total. The Morgan fingerprint density at radius 2 is 1.73 bits per heavy atom. The minimum Gasteiger partial charge on any atom is -0.468 e. The average Bonchev–Trinajstić information content (AvgIpc) is 2.98. The third kappa shape index (κ3) is 2.20. The van der Waals surface area contributed by atoms with Gasteiger partial charge in [0, 0.05) is 11.5 Å². The van der Waals surface area contributed by atoms with Crippen LogP contribution in [-0.4, -0.2) is 38.2 Å². The van der Waals surface area contributed by atoms with E-state index in [-0.39, 0.29) is 24.5 Å². The Morgan fingerprint density at radius 1 is 1.18 bits per heavy atom. The molecular formula is C16H20O5S. The smallest absolute Gasteiger partial charge is 0.323 e. The number of esters is 2. The summed E-state index contributed by atoms with van der Waals surface area (Å²) >= 11 is 1.37. The third-order valence-electron chi connectivity index (χ3n) is 4.45. The number of fused-ring (bicyclic) bond motifs is 1. The van der Waals surface area contributed by atoms with Gasteiger partial charge in [-0.1, -0.05) is 5.57 Å². The standard InChI is InChI=1S/C16H20O5S/c1-8(2)11-9-6-16(14(18)20-3,15(19)21-4)7-10(9)13(22-5)12(11)17/h9H,6-7H2,1-5H3/t9-/m1/s1. The molecule has 0 N–H and O–H groups in total. The lowest BCUT2D eigenvalue weighted by Gasteiger charge is -2.23. The van der Waals surface area contributed by atoms with Gasteiger partial charge in [-0.3, -0.25) is 14.4 Å². The van der Waals surface area contributed by atoms with E-state index in [2.05, 4.69) is 0 Å². The molecule has 2 aliphatic carbocycles. The summed E-state index contributed by atoms with van der Waals surface area (Å²) in [5.74, 6) is -1.36. The Hall–Kier alpha value is -1.56. The highest BCUT2D eigenvalue weighted by atomic mass is 32.2. The second-order valence-electron chi connectivity index (χ2n) is 5.80. The largest absolute Gasteiger partial charge is 0.468 e. The number of hydrogen-bond acceptors (Lipinski definition) is 6. The van der Waals surface area contributed by atoms with Crippen molar-refractivity contribution >= 4 is 29.5 Å². The number of ketones is 1. The Bertz CT molecular complexity index is 594. The van der Waals surface area contributed by atoms with Gasteiger partial charge in [0.1, 0.15) is 0 Å². The lowest BCUT2D eigenvalue weighted by Crippen LogP contribution is -2.39. The van der Waals surface area contributed by atoms with Crippen LogP contribution in [0.2, 0.25) is 0 Å². The lowest BCUT2D eigenvalue weighted by molar-refractivity contribution is -0.168. The van der Waals surface area contributed by atoms with Gasteiger partial charge < -0.3 is 9.47 Å². The van der Waals surface area contributed by atoms with Crippen LogP contribution in [0.1, 0.15) is 26.7 Å². The molecule has 0 aliphatic heterocycles. The number of ether oxygens (including phenoxy) is 2. The maximum absolute atomic E-state index is 12.5. The fraction of sp³-hybridized carbons (Fsp3) is 0.562. The average molecular weight is 324 g/mol. The number of rotatable bonds is 3. The van der Waals surface area contributed by atoms with Crippen molar-refractivity contribution < 1.29 is 23.9 Å². The number of allylic oxidation sites excluding steroid dienone is 4. The van der Waals surface area contributed by atoms with E-state index in [1.54, 1.807) is 0 Å². The zero-order chi connectivity index (χ0) is 16.7. The van der Waals surface area contributed by atoms with E-state index in [4.69, 9.17) is 9.47 Å². The summed E-state index contributed by atoms with van der Waals surface area (Å²) in [6.45, 7) is 3.76. The van der Waals surface area contributed by atoms with Crippen molar-refractivity contribution in [1.29, 1.82) is 0 Å². The van der Waals surface area contributed by atoms with Crippen molar-refractivity contribution in [3.63, 3.8) is 0 Å². The molecule has 2 rings (SSSR count). The van der Waals surface area contributed by atoms with Crippen LogP contribution in [0.4, 0.5) is 0 Å². The molecule has 22 heavy (non-hydrogen) atoms. The van der Waals surface area contributed by atoms with Crippen LogP contribution in [-0.2, 0) is 23.9 Å². The molecule has 6 heteroatoms. The molecule has 1 atom stereocenters. The molecule has 0 radical (unpaired) electrons. The van der Waals surface area contributed by atoms with E-state index in [0.717, 1.165) is 11.1 Å². The zero-order valence-electron chi connectivity index (χ0n) is 13.4. The van der Waals surface area contributed by atoms with Crippen LogP contribution in [0, 0.1) is 11.3 Å². The monoisotopic (exact) mass is 324 g/mol. The molecule has 0 aromatic carbocycles. The summed E-state index contributed by atoms with van der Waals surface area (Å²) < 4.78 is 9.69. The molecule has 1 saturated carbocycles. The quantitative estimate of drug-likeness (QED) is 0.450. The maximum atomic E-state index is 12.5. The summed E-state index contributed by atoms with van der Waals surface area (Å²) in [5, 5.41) is 0. The molecule has 1 fully saturated rings. The lowest BCUT2D eigenvalue weighted by atomic mass is 9.83. The van der Waals surface area contributed by atoms with E-state index in [1.165, 1.54) is 26.0 Å². The first-order valence-corrected chi connectivity index (χ1v) is 8.22. The fourth-order valence-corrected chi connectivity index (χ4v) is 4.29. The molecule has 0 bridgehead atoms. The van der Waals surface area contributed by atoms with Gasteiger partial charge in [0.15, 0.2) is 11.2 Å². The maximum Gasteiger partial charge on any atom is 0.323 e. The van der Waals surface area contributed by atoms with E-state index in [1.807, 2.05) is 20.1 Å². The highest BCUT2D eigenvalue weighted by Crippen LogP contribution is 2.56. The first-order chi connectivity index (χ1) is 10.3. The normalized spacial score (nSPS) is 22.7.